The molecule has 0 atom stereocenters. The third-order valence-corrected chi connectivity index (χ3v) is 3.73. The Morgan fingerprint density at radius 2 is 2.05 bits per heavy atom. The van der Waals surface area contributed by atoms with Crippen molar-refractivity contribution >= 4 is 5.91 Å². The number of rotatable bonds is 3. The highest BCUT2D eigenvalue weighted by Gasteiger charge is 2.20. The van der Waals surface area contributed by atoms with E-state index >= 15 is 0 Å². The molecule has 1 aliphatic rings. The van der Waals surface area contributed by atoms with Gasteiger partial charge in [0.1, 0.15) is 5.75 Å². The summed E-state index contributed by atoms with van der Waals surface area (Å²) in [6.07, 6.45) is 2.56. The van der Waals surface area contributed by atoms with E-state index in [4.69, 9.17) is 4.74 Å². The Labute approximate surface area is 124 Å². The predicted octanol–water partition coefficient (Wildman–Crippen LogP) is 2.35. The predicted molar refractivity (Wildman–Crippen MR) is 80.0 cm³/mol. The van der Waals surface area contributed by atoms with Crippen molar-refractivity contribution in [2.24, 2.45) is 0 Å². The Hall–Kier alpha value is -2.36. The lowest BCUT2D eigenvalue weighted by molar-refractivity contribution is -0.134. The second-order valence-electron chi connectivity index (χ2n) is 5.26. The molecule has 2 heterocycles. The first-order chi connectivity index (χ1) is 10.2. The molecule has 1 aliphatic heterocycles. The summed E-state index contributed by atoms with van der Waals surface area (Å²) >= 11 is 0. The normalized spacial score (nSPS) is 13.7. The van der Waals surface area contributed by atoms with E-state index < -0.39 is 0 Å². The summed E-state index contributed by atoms with van der Waals surface area (Å²) in [5, 5.41) is 0. The Bertz CT molecular complexity index is 637. The van der Waals surface area contributed by atoms with Gasteiger partial charge in [0, 0.05) is 18.8 Å². The van der Waals surface area contributed by atoms with Crippen LogP contribution in [0.3, 0.4) is 0 Å². The van der Waals surface area contributed by atoms with E-state index in [2.05, 4.69) is 17.1 Å². The fourth-order valence-corrected chi connectivity index (χ4v) is 2.48. The highest BCUT2D eigenvalue weighted by Crippen LogP contribution is 2.18. The molecule has 21 heavy (non-hydrogen) atoms. The van der Waals surface area contributed by atoms with Crippen LogP contribution in [0, 0.1) is 6.92 Å². The van der Waals surface area contributed by atoms with Crippen LogP contribution in [0.25, 0.3) is 0 Å². The van der Waals surface area contributed by atoms with Crippen molar-refractivity contribution in [3.8, 4) is 5.75 Å². The molecular formula is C17H18N2O2. The minimum Gasteiger partial charge on any atom is -0.482 e. The molecule has 0 unspecified atom stereocenters. The molecule has 108 valence electrons. The van der Waals surface area contributed by atoms with Crippen molar-refractivity contribution in [1.29, 1.82) is 0 Å². The molecule has 0 fully saturated rings. The monoisotopic (exact) mass is 282 g/mol. The molecule has 0 saturated heterocycles. The van der Waals surface area contributed by atoms with Crippen LogP contribution >= 0.6 is 0 Å². The maximum Gasteiger partial charge on any atom is 0.260 e. The molecule has 1 aromatic heterocycles. The van der Waals surface area contributed by atoms with Crippen LogP contribution in [0.1, 0.15) is 16.8 Å². The average molecular weight is 282 g/mol. The second-order valence-corrected chi connectivity index (χ2v) is 5.26. The van der Waals surface area contributed by atoms with E-state index in [0.717, 1.165) is 18.7 Å². The lowest BCUT2D eigenvalue weighted by atomic mass is 10.00. The number of hydrogen-bond acceptors (Lipinski definition) is 3. The summed E-state index contributed by atoms with van der Waals surface area (Å²) in [7, 11) is 0. The topological polar surface area (TPSA) is 42.4 Å². The van der Waals surface area contributed by atoms with Crippen molar-refractivity contribution in [2.75, 3.05) is 13.2 Å². The Kier molecular flexibility index (Phi) is 3.86. The minimum absolute atomic E-state index is 0.0186. The molecular weight excluding hydrogens is 264 g/mol. The van der Waals surface area contributed by atoms with Crippen molar-refractivity contribution in [2.45, 2.75) is 19.9 Å². The summed E-state index contributed by atoms with van der Waals surface area (Å²) in [6.45, 7) is 3.41. The van der Waals surface area contributed by atoms with E-state index in [9.17, 15) is 4.79 Å². The fourth-order valence-electron chi connectivity index (χ4n) is 2.48. The van der Waals surface area contributed by atoms with Crippen molar-refractivity contribution in [3.05, 3.63) is 59.4 Å². The minimum atomic E-state index is 0.0186. The van der Waals surface area contributed by atoms with Crippen molar-refractivity contribution in [1.82, 2.24) is 9.88 Å². The van der Waals surface area contributed by atoms with Gasteiger partial charge in [0.05, 0.1) is 6.20 Å². The van der Waals surface area contributed by atoms with Gasteiger partial charge in [-0.15, -0.1) is 0 Å². The van der Waals surface area contributed by atoms with Gasteiger partial charge in [-0.2, -0.15) is 0 Å². The molecule has 2 aromatic rings. The largest absolute Gasteiger partial charge is 0.482 e. The number of carbonyl (C=O) groups is 1. The smallest absolute Gasteiger partial charge is 0.260 e. The SMILES string of the molecule is Cc1ccc(OCC(=O)N2CCc3ccccc3C2)cn1. The van der Waals surface area contributed by atoms with E-state index in [1.54, 1.807) is 6.20 Å². The molecule has 3 rings (SSSR count). The number of carbonyl (C=O) groups excluding carboxylic acids is 1. The Morgan fingerprint density at radius 1 is 1.24 bits per heavy atom. The van der Waals surface area contributed by atoms with Gasteiger partial charge in [-0.05, 0) is 36.6 Å². The lowest BCUT2D eigenvalue weighted by Crippen LogP contribution is -2.38. The molecule has 0 aliphatic carbocycles. The van der Waals surface area contributed by atoms with Crippen LogP contribution in [0.15, 0.2) is 42.6 Å². The molecule has 0 N–H and O–H groups in total. The summed E-state index contributed by atoms with van der Waals surface area (Å²) < 4.78 is 5.51. The second kappa shape index (κ2) is 5.95. The molecule has 0 bridgehead atoms. The number of aromatic nitrogens is 1. The molecule has 4 heteroatoms. The van der Waals surface area contributed by atoms with Gasteiger partial charge >= 0.3 is 0 Å². The standard InChI is InChI=1S/C17H18N2O2/c1-13-6-7-16(10-18-13)21-12-17(20)19-9-8-14-4-2-3-5-15(14)11-19/h2-7,10H,8-9,11-12H2,1H3. The highest BCUT2D eigenvalue weighted by atomic mass is 16.5. The third-order valence-electron chi connectivity index (χ3n) is 3.73. The summed E-state index contributed by atoms with van der Waals surface area (Å²) in [5.41, 5.74) is 3.50. The highest BCUT2D eigenvalue weighted by molar-refractivity contribution is 5.78. The first-order valence-corrected chi connectivity index (χ1v) is 7.12. The molecule has 1 aromatic carbocycles. The molecule has 4 nitrogen and oxygen atoms in total. The number of fused-ring (bicyclic) bond motifs is 1. The zero-order chi connectivity index (χ0) is 14.7. The quantitative estimate of drug-likeness (QED) is 0.868. The molecule has 1 amide bonds. The van der Waals surface area contributed by atoms with Crippen LogP contribution in [0.4, 0.5) is 0 Å². The Balaban J connectivity index is 1.58. The van der Waals surface area contributed by atoms with Crippen LogP contribution in [0.5, 0.6) is 5.75 Å². The van der Waals surface area contributed by atoms with E-state index in [1.807, 2.05) is 36.1 Å². The van der Waals surface area contributed by atoms with Crippen LogP contribution < -0.4 is 4.74 Å². The fraction of sp³-hybridized carbons (Fsp3) is 0.294. The van der Waals surface area contributed by atoms with E-state index in [1.165, 1.54) is 11.1 Å². The van der Waals surface area contributed by atoms with Crippen LogP contribution in [-0.2, 0) is 17.8 Å². The van der Waals surface area contributed by atoms with Gasteiger partial charge in [0.15, 0.2) is 6.61 Å². The van der Waals surface area contributed by atoms with Crippen LogP contribution in [-0.4, -0.2) is 28.9 Å². The third kappa shape index (κ3) is 3.21. The van der Waals surface area contributed by atoms with E-state index in [0.29, 0.717) is 12.3 Å². The molecule has 0 radical (unpaired) electrons. The molecule has 0 saturated carbocycles. The number of ether oxygens (including phenoxy) is 1. The van der Waals surface area contributed by atoms with Gasteiger partial charge in [0.2, 0.25) is 0 Å². The summed E-state index contributed by atoms with van der Waals surface area (Å²) in [6, 6.07) is 12.0. The zero-order valence-corrected chi connectivity index (χ0v) is 12.1. The van der Waals surface area contributed by atoms with Crippen molar-refractivity contribution < 1.29 is 9.53 Å². The van der Waals surface area contributed by atoms with Gasteiger partial charge in [-0.3, -0.25) is 9.78 Å². The number of aryl methyl sites for hydroxylation is 1. The lowest BCUT2D eigenvalue weighted by Gasteiger charge is -2.28. The number of amides is 1. The maximum absolute atomic E-state index is 12.2. The number of benzene rings is 1. The first-order valence-electron chi connectivity index (χ1n) is 7.12. The Morgan fingerprint density at radius 3 is 2.81 bits per heavy atom. The number of nitrogens with zero attached hydrogens (tertiary/aromatic N) is 2. The van der Waals surface area contributed by atoms with Gasteiger partial charge in [-0.25, -0.2) is 0 Å². The first kappa shape index (κ1) is 13.6. The molecule has 0 spiro atoms. The van der Waals surface area contributed by atoms with Gasteiger partial charge in [-0.1, -0.05) is 24.3 Å². The maximum atomic E-state index is 12.2. The summed E-state index contributed by atoms with van der Waals surface area (Å²) in [4.78, 5) is 18.2. The number of hydrogen-bond donors (Lipinski definition) is 0. The van der Waals surface area contributed by atoms with Crippen molar-refractivity contribution in [3.63, 3.8) is 0 Å². The zero-order valence-electron chi connectivity index (χ0n) is 12.1. The number of pyridine rings is 1. The summed E-state index contributed by atoms with van der Waals surface area (Å²) in [5.74, 6) is 0.649. The van der Waals surface area contributed by atoms with Gasteiger partial charge < -0.3 is 9.64 Å². The van der Waals surface area contributed by atoms with Crippen LogP contribution in [0.2, 0.25) is 0 Å². The van der Waals surface area contributed by atoms with Gasteiger partial charge in [0.25, 0.3) is 5.91 Å². The average Bonchev–Trinajstić information content (AvgIpc) is 2.53. The van der Waals surface area contributed by atoms with E-state index in [-0.39, 0.29) is 12.5 Å².